The van der Waals surface area contributed by atoms with Crippen molar-refractivity contribution in [1.82, 2.24) is 0 Å². The molecule has 0 radical (unpaired) electrons. The molecule has 0 amide bonds. The fourth-order valence-electron chi connectivity index (χ4n) is 1.68. The lowest BCUT2D eigenvalue weighted by molar-refractivity contribution is 0.101. The Balaban J connectivity index is 2.41. The summed E-state index contributed by atoms with van der Waals surface area (Å²) in [6.07, 6.45) is 0. The van der Waals surface area contributed by atoms with Gasteiger partial charge in [-0.25, -0.2) is 0 Å². The first-order chi connectivity index (χ1) is 7.56. The van der Waals surface area contributed by atoms with E-state index in [4.69, 9.17) is 16.0 Å². The number of halogens is 1. The first kappa shape index (κ1) is 11.0. The van der Waals surface area contributed by atoms with Crippen LogP contribution in [0.3, 0.4) is 0 Å². The van der Waals surface area contributed by atoms with E-state index in [0.717, 1.165) is 11.1 Å². The monoisotopic (exact) mass is 234 g/mol. The van der Waals surface area contributed by atoms with E-state index in [1.165, 1.54) is 0 Å². The molecule has 0 saturated heterocycles. The quantitative estimate of drug-likeness (QED) is 0.741. The lowest BCUT2D eigenvalue weighted by Crippen LogP contribution is -2.00. The molecule has 2 aromatic rings. The van der Waals surface area contributed by atoms with Gasteiger partial charge in [-0.2, -0.15) is 0 Å². The summed E-state index contributed by atoms with van der Waals surface area (Å²) >= 11 is 5.64. The number of benzene rings is 1. The summed E-state index contributed by atoms with van der Waals surface area (Å²) in [5, 5.41) is 0.229. The maximum Gasteiger partial charge on any atom is 0.228 e. The Hall–Kier alpha value is -1.54. The highest BCUT2D eigenvalue weighted by Gasteiger charge is 2.13. The lowest BCUT2D eigenvalue weighted by Gasteiger charge is -2.01. The molecule has 16 heavy (non-hydrogen) atoms. The smallest absolute Gasteiger partial charge is 0.228 e. The molecule has 1 aromatic carbocycles. The van der Waals surface area contributed by atoms with Gasteiger partial charge in [-0.1, -0.05) is 17.2 Å². The molecule has 0 bridgehead atoms. The highest BCUT2D eigenvalue weighted by atomic mass is 35.5. The molecular weight excluding hydrogens is 224 g/mol. The number of ketones is 1. The van der Waals surface area contributed by atoms with E-state index in [0.29, 0.717) is 5.56 Å². The van der Waals surface area contributed by atoms with E-state index in [9.17, 15) is 4.79 Å². The van der Waals surface area contributed by atoms with E-state index in [-0.39, 0.29) is 16.8 Å². The van der Waals surface area contributed by atoms with Gasteiger partial charge in [0.25, 0.3) is 0 Å². The fourth-order valence-corrected chi connectivity index (χ4v) is 1.83. The first-order valence-corrected chi connectivity index (χ1v) is 5.32. The number of carbonyl (C=O) groups excluding carboxylic acids is 1. The van der Waals surface area contributed by atoms with Gasteiger partial charge in [-0.15, -0.1) is 0 Å². The van der Waals surface area contributed by atoms with Gasteiger partial charge < -0.3 is 4.42 Å². The van der Waals surface area contributed by atoms with Crippen LogP contribution in [0, 0.1) is 13.8 Å². The Morgan fingerprint density at radius 2 is 1.75 bits per heavy atom. The Morgan fingerprint density at radius 1 is 1.12 bits per heavy atom. The minimum atomic E-state index is -0.140. The summed E-state index contributed by atoms with van der Waals surface area (Å²) < 4.78 is 5.10. The minimum Gasteiger partial charge on any atom is -0.441 e. The molecule has 3 heteroatoms. The Kier molecular flexibility index (Phi) is 2.84. The minimum absolute atomic E-state index is 0.140. The largest absolute Gasteiger partial charge is 0.441 e. The average Bonchev–Trinajstić information content (AvgIpc) is 2.62. The Morgan fingerprint density at radius 3 is 2.25 bits per heavy atom. The molecular formula is C13H11ClO2. The van der Waals surface area contributed by atoms with Crippen molar-refractivity contribution in [1.29, 1.82) is 0 Å². The topological polar surface area (TPSA) is 30.2 Å². The number of furan rings is 1. The van der Waals surface area contributed by atoms with Crippen LogP contribution in [0.5, 0.6) is 0 Å². The molecule has 0 saturated carbocycles. The zero-order valence-corrected chi connectivity index (χ0v) is 9.84. The molecule has 2 nitrogen and oxygen atoms in total. The van der Waals surface area contributed by atoms with Gasteiger partial charge in [-0.3, -0.25) is 4.79 Å². The van der Waals surface area contributed by atoms with Gasteiger partial charge in [0.2, 0.25) is 5.78 Å². The van der Waals surface area contributed by atoms with Crippen LogP contribution < -0.4 is 0 Å². The molecule has 2 rings (SSSR count). The second kappa shape index (κ2) is 4.14. The van der Waals surface area contributed by atoms with Crippen LogP contribution in [0.25, 0.3) is 0 Å². The van der Waals surface area contributed by atoms with Crippen LogP contribution in [0.1, 0.15) is 27.2 Å². The van der Waals surface area contributed by atoms with Crippen LogP contribution in [0.15, 0.2) is 34.7 Å². The van der Waals surface area contributed by atoms with Crippen LogP contribution in [0.4, 0.5) is 0 Å². The van der Waals surface area contributed by atoms with Gasteiger partial charge in [0, 0.05) is 5.56 Å². The molecule has 82 valence electrons. The standard InChI is InChI=1S/C13H11ClO2/c1-8-5-9(2)7-10(6-8)13(15)11-3-4-12(14)16-11/h3-7H,1-2H3. The van der Waals surface area contributed by atoms with Gasteiger partial charge >= 0.3 is 0 Å². The van der Waals surface area contributed by atoms with E-state index >= 15 is 0 Å². The third-order valence-electron chi connectivity index (χ3n) is 2.28. The summed E-state index contributed by atoms with van der Waals surface area (Å²) in [5.74, 6) is 0.133. The molecule has 0 fully saturated rings. The summed E-state index contributed by atoms with van der Waals surface area (Å²) in [6.45, 7) is 3.91. The lowest BCUT2D eigenvalue weighted by atomic mass is 10.0. The molecule has 0 spiro atoms. The second-order valence-corrected chi connectivity index (χ2v) is 4.18. The van der Waals surface area contributed by atoms with Gasteiger partial charge in [0.05, 0.1) is 0 Å². The summed E-state index contributed by atoms with van der Waals surface area (Å²) in [5.41, 5.74) is 2.74. The van der Waals surface area contributed by atoms with Crippen molar-refractivity contribution in [2.45, 2.75) is 13.8 Å². The highest BCUT2D eigenvalue weighted by Crippen LogP contribution is 2.18. The van der Waals surface area contributed by atoms with E-state index in [2.05, 4.69) is 0 Å². The summed E-state index contributed by atoms with van der Waals surface area (Å²) in [6, 6.07) is 8.85. The Labute approximate surface area is 98.8 Å². The second-order valence-electron chi connectivity index (χ2n) is 3.81. The van der Waals surface area contributed by atoms with Crippen molar-refractivity contribution in [2.24, 2.45) is 0 Å². The number of hydrogen-bond donors (Lipinski definition) is 0. The normalized spacial score (nSPS) is 10.4. The fraction of sp³-hybridized carbons (Fsp3) is 0.154. The van der Waals surface area contributed by atoms with Crippen molar-refractivity contribution in [3.63, 3.8) is 0 Å². The maximum absolute atomic E-state index is 12.0. The zero-order valence-electron chi connectivity index (χ0n) is 9.08. The number of rotatable bonds is 2. The van der Waals surface area contributed by atoms with Crippen molar-refractivity contribution in [3.05, 3.63) is 58.0 Å². The van der Waals surface area contributed by atoms with Gasteiger partial charge in [0.1, 0.15) is 0 Å². The van der Waals surface area contributed by atoms with Crippen LogP contribution in [-0.4, -0.2) is 5.78 Å². The Bertz CT molecular complexity index is 520. The molecule has 0 aliphatic carbocycles. The van der Waals surface area contributed by atoms with Crippen LogP contribution in [-0.2, 0) is 0 Å². The molecule has 0 N–H and O–H groups in total. The summed E-state index contributed by atoms with van der Waals surface area (Å²) in [7, 11) is 0. The number of carbonyl (C=O) groups is 1. The van der Waals surface area contributed by atoms with E-state index < -0.39 is 0 Å². The van der Waals surface area contributed by atoms with Crippen LogP contribution in [0.2, 0.25) is 5.22 Å². The molecule has 0 atom stereocenters. The van der Waals surface area contributed by atoms with Gasteiger partial charge in [0.15, 0.2) is 11.0 Å². The van der Waals surface area contributed by atoms with Crippen molar-refractivity contribution < 1.29 is 9.21 Å². The van der Waals surface area contributed by atoms with Crippen molar-refractivity contribution in [2.75, 3.05) is 0 Å². The predicted octanol–water partition coefficient (Wildman–Crippen LogP) is 3.78. The molecule has 1 heterocycles. The maximum atomic E-state index is 12.0. The van der Waals surface area contributed by atoms with Gasteiger partial charge in [-0.05, 0) is 49.7 Å². The van der Waals surface area contributed by atoms with Crippen molar-refractivity contribution >= 4 is 17.4 Å². The average molecular weight is 235 g/mol. The molecule has 0 aliphatic rings. The van der Waals surface area contributed by atoms with E-state index in [1.54, 1.807) is 12.1 Å². The van der Waals surface area contributed by atoms with Crippen LogP contribution >= 0.6 is 11.6 Å². The zero-order chi connectivity index (χ0) is 11.7. The third-order valence-corrected chi connectivity index (χ3v) is 2.48. The first-order valence-electron chi connectivity index (χ1n) is 4.94. The molecule has 0 aliphatic heterocycles. The highest BCUT2D eigenvalue weighted by molar-refractivity contribution is 6.29. The number of hydrogen-bond acceptors (Lipinski definition) is 2. The van der Waals surface area contributed by atoms with E-state index in [1.807, 2.05) is 32.0 Å². The summed E-state index contributed by atoms with van der Waals surface area (Å²) in [4.78, 5) is 12.0. The third kappa shape index (κ3) is 2.17. The molecule has 1 aromatic heterocycles. The predicted molar refractivity (Wildman–Crippen MR) is 63.1 cm³/mol. The SMILES string of the molecule is Cc1cc(C)cc(C(=O)c2ccc(Cl)o2)c1. The molecule has 0 unspecified atom stereocenters. The number of aryl methyl sites for hydroxylation is 2. The van der Waals surface area contributed by atoms with Crippen molar-refractivity contribution in [3.8, 4) is 0 Å².